The minimum absolute atomic E-state index is 0.199. The summed E-state index contributed by atoms with van der Waals surface area (Å²) in [5, 5.41) is 141. The van der Waals surface area contributed by atoms with Crippen molar-refractivity contribution in [1.29, 1.82) is 0 Å². The Kier molecular flexibility index (Phi) is 19.6. The van der Waals surface area contributed by atoms with Gasteiger partial charge in [0.05, 0.1) is 43.3 Å². The summed E-state index contributed by atoms with van der Waals surface area (Å²) in [6, 6.07) is -2.27. The number of aliphatic hydroxyl groups is 12. The minimum Gasteiger partial charge on any atom is -0.477 e. The van der Waals surface area contributed by atoms with Crippen molar-refractivity contribution in [2.24, 2.45) is 0 Å². The molecule has 70 heavy (non-hydrogen) atoms. The number of carboxylic acid groups (broad SMARTS) is 1. The lowest BCUT2D eigenvalue weighted by Gasteiger charge is -2.50. The topological polar surface area (TPSA) is 501 Å². The predicted molar refractivity (Wildman–Crippen MR) is 230 cm³/mol. The van der Waals surface area contributed by atoms with Crippen LogP contribution in [0, 0.1) is 0 Å². The van der Waals surface area contributed by atoms with Crippen LogP contribution in [-0.4, -0.2) is 250 Å². The zero-order chi connectivity index (χ0) is 52.4. The number of aliphatic hydroxyl groups excluding tert-OH is 11. The second kappa shape index (κ2) is 23.6. The Hall–Kier alpha value is -2.78. The van der Waals surface area contributed by atoms with E-state index >= 15 is 0 Å². The maximum Gasteiger partial charge on any atom is 0.475 e. The first-order chi connectivity index (χ1) is 32.6. The van der Waals surface area contributed by atoms with Crippen molar-refractivity contribution in [2.75, 3.05) is 36.4 Å². The molecule has 5 rings (SSSR count). The lowest BCUT2D eigenvalue weighted by atomic mass is 9.88. The summed E-state index contributed by atoms with van der Waals surface area (Å²) in [6.07, 6.45) is -29.5. The molecule has 400 valence electrons. The van der Waals surface area contributed by atoms with E-state index in [1.165, 1.54) is 0 Å². The molecule has 4 aliphatic heterocycles. The highest BCUT2D eigenvalue weighted by Crippen LogP contribution is 2.54. The van der Waals surface area contributed by atoms with Crippen molar-refractivity contribution in [2.45, 2.75) is 148 Å². The van der Waals surface area contributed by atoms with Crippen molar-refractivity contribution in [3.05, 3.63) is 22.7 Å². The number of nitrogen functional groups attached to an aromatic ring is 1. The maximum atomic E-state index is 13.7. The van der Waals surface area contributed by atoms with E-state index in [0.29, 0.717) is 11.8 Å². The number of aromatic nitrogens is 2. The van der Waals surface area contributed by atoms with Crippen molar-refractivity contribution < 1.29 is 123 Å². The third-order valence-corrected chi connectivity index (χ3v) is 15.2. The highest BCUT2D eigenvalue weighted by Gasteiger charge is 2.65. The van der Waals surface area contributed by atoms with Gasteiger partial charge in [-0.2, -0.15) is 4.98 Å². The molecule has 1 aromatic rings. The molecule has 4 fully saturated rings. The maximum absolute atomic E-state index is 13.7. The van der Waals surface area contributed by atoms with E-state index in [-0.39, 0.29) is 5.82 Å². The van der Waals surface area contributed by atoms with Gasteiger partial charge in [-0.1, -0.05) is 0 Å². The summed E-state index contributed by atoms with van der Waals surface area (Å²) in [6.45, 7) is -0.145. The van der Waals surface area contributed by atoms with Crippen LogP contribution in [0.5, 0.6) is 0 Å². The molecular formula is C36H58N5O26PS2. The lowest BCUT2D eigenvalue weighted by Crippen LogP contribution is -2.73. The Labute approximate surface area is 404 Å². The summed E-state index contributed by atoms with van der Waals surface area (Å²) < 4.78 is 52.6. The number of phosphoric ester groups is 1. The van der Waals surface area contributed by atoms with E-state index in [0.717, 1.165) is 49.4 Å². The van der Waals surface area contributed by atoms with Gasteiger partial charge in [0, 0.05) is 30.9 Å². The molecular weight excluding hydrogens is 1010 g/mol. The number of rotatable bonds is 20. The number of nitrogens with zero attached hydrogens (tertiary/aromatic N) is 2. The molecule has 0 bridgehead atoms. The SMILES string of the molecule is CC(=O)N[C@@H]1[C@@H](O)[C@@H](SCSC[C@H]2O[C@@H](O[C@H]3[C@H](O)[C@@H](NC(C)=O)[C@](C)(O)O[C@@H]3CO)[C@H](O)[C@@H](O)[C@H]2O)[C@@](OP(=O)(O)OC[C@H]2O[C@@H](n3ccc(N)nc3=O)[C@H](O)[C@@H]2O)(C(=O)O)O[C@H]1[C@H](O)[C@H](O)CO. The molecule has 22 atom stereocenters. The van der Waals surface area contributed by atoms with Crippen LogP contribution in [0.25, 0.3) is 0 Å². The smallest absolute Gasteiger partial charge is 0.475 e. The standard InChI is InChI=1S/C36H58N5O26PS2/c1-11(44)38-18-22(50)30(70-10-69-9-16-21(49)23(51)25(53)32(63-16)64-27-14(7-43)65-35(3,58)29(26(27)54)39-12(2)45)36(33(55)56,66-28(18)19(47)13(46)6-42)67-68(59,60)61-8-15-20(48)24(52)31(62-15)41-5-4-17(37)40-34(41)57/h4-5,13-16,18-32,42-43,46-54,58H,6-10H2,1-3H3,(H,38,44)(H,39,45)(H,55,56)(H,59,60)(H2,37,40,57)/t13-,14-,15-,16-,18-,19-,20-,21+,22-,23+,24-,25-,26+,27-,28-,29-,30-,31-,32+,35-,36-/m1/s1. The number of amides is 2. The van der Waals surface area contributed by atoms with Gasteiger partial charge < -0.3 is 111 Å². The third-order valence-electron chi connectivity index (χ3n) is 11.5. The number of hydrogen-bond donors (Lipinski definition) is 17. The Morgan fingerprint density at radius 2 is 1.57 bits per heavy atom. The normalized spacial score (nSPS) is 40.7. The van der Waals surface area contributed by atoms with E-state index in [1.807, 2.05) is 0 Å². The number of phosphoric acid groups is 1. The zero-order valence-electron chi connectivity index (χ0n) is 37.1. The van der Waals surface area contributed by atoms with Crippen LogP contribution in [0.15, 0.2) is 17.1 Å². The van der Waals surface area contributed by atoms with Crippen LogP contribution in [0.2, 0.25) is 0 Å². The van der Waals surface area contributed by atoms with E-state index < -0.39 is 189 Å². The monoisotopic (exact) mass is 1070 g/mol. The second-order valence-electron chi connectivity index (χ2n) is 16.7. The predicted octanol–water partition coefficient (Wildman–Crippen LogP) is -8.71. The van der Waals surface area contributed by atoms with E-state index in [2.05, 4.69) is 15.6 Å². The first-order valence-corrected chi connectivity index (χ1v) is 24.7. The first-order valence-electron chi connectivity index (χ1n) is 21.0. The van der Waals surface area contributed by atoms with Gasteiger partial charge in [0.2, 0.25) is 11.8 Å². The molecule has 5 heterocycles. The number of carbonyl (C=O) groups excluding carboxylic acids is 2. The largest absolute Gasteiger partial charge is 0.477 e. The van der Waals surface area contributed by atoms with Crippen LogP contribution in [0.3, 0.4) is 0 Å². The summed E-state index contributed by atoms with van der Waals surface area (Å²) in [5.41, 5.74) is 4.47. The quantitative estimate of drug-likeness (QED) is 0.0328. The number of ether oxygens (including phenoxy) is 5. The number of hydrogen-bond acceptors (Lipinski definition) is 28. The van der Waals surface area contributed by atoms with Crippen molar-refractivity contribution in [3.8, 4) is 0 Å². The molecule has 0 radical (unpaired) electrons. The fourth-order valence-corrected chi connectivity index (χ4v) is 11.8. The second-order valence-corrected chi connectivity index (χ2v) is 20.6. The van der Waals surface area contributed by atoms with Crippen LogP contribution in [-0.2, 0) is 51.7 Å². The van der Waals surface area contributed by atoms with Gasteiger partial charge in [-0.05, 0) is 13.0 Å². The molecule has 2 amide bonds. The molecule has 34 heteroatoms. The average Bonchev–Trinajstić information content (AvgIpc) is 3.56. The van der Waals surface area contributed by atoms with Crippen molar-refractivity contribution in [3.63, 3.8) is 0 Å². The van der Waals surface area contributed by atoms with E-state index in [4.69, 9.17) is 38.5 Å². The number of thioether (sulfide) groups is 2. The Bertz CT molecular complexity index is 2090. The highest BCUT2D eigenvalue weighted by molar-refractivity contribution is 8.16. The van der Waals surface area contributed by atoms with Gasteiger partial charge in [0.25, 0.3) is 5.79 Å². The van der Waals surface area contributed by atoms with Crippen LogP contribution in [0.4, 0.5) is 5.82 Å². The summed E-state index contributed by atoms with van der Waals surface area (Å²) >= 11 is 1.16. The van der Waals surface area contributed by atoms with Gasteiger partial charge in [-0.3, -0.25) is 18.7 Å². The molecule has 0 aromatic carbocycles. The van der Waals surface area contributed by atoms with Crippen molar-refractivity contribution in [1.82, 2.24) is 20.2 Å². The molecule has 1 unspecified atom stereocenters. The van der Waals surface area contributed by atoms with Crippen molar-refractivity contribution >= 4 is 54.9 Å². The number of carboxylic acids is 1. The van der Waals surface area contributed by atoms with Gasteiger partial charge in [0.1, 0.15) is 85.1 Å². The molecule has 18 N–H and O–H groups in total. The summed E-state index contributed by atoms with van der Waals surface area (Å²) in [4.78, 5) is 64.5. The number of nitrogens with one attached hydrogen (secondary N) is 2. The number of aliphatic carboxylic acids is 1. The first kappa shape index (κ1) is 58.1. The molecule has 0 aliphatic carbocycles. The number of anilines is 1. The fourth-order valence-electron chi connectivity index (χ4n) is 8.06. The van der Waals surface area contributed by atoms with Crippen LogP contribution >= 0.6 is 31.3 Å². The Morgan fingerprint density at radius 3 is 2.16 bits per heavy atom. The molecule has 0 spiro atoms. The Balaban J connectivity index is 1.37. The zero-order valence-corrected chi connectivity index (χ0v) is 39.6. The fraction of sp³-hybridized carbons (Fsp3) is 0.806. The highest BCUT2D eigenvalue weighted by atomic mass is 32.2. The summed E-state index contributed by atoms with van der Waals surface area (Å²) in [5.74, 6) is -10.4. The number of nitrogens with two attached hydrogens (primary N) is 1. The van der Waals surface area contributed by atoms with Gasteiger partial charge in [0.15, 0.2) is 18.3 Å². The number of carbonyl (C=O) groups is 3. The minimum atomic E-state index is -5.90. The summed E-state index contributed by atoms with van der Waals surface area (Å²) in [7, 11) is -5.90. The van der Waals surface area contributed by atoms with Gasteiger partial charge in [-0.25, -0.2) is 18.7 Å². The van der Waals surface area contributed by atoms with Gasteiger partial charge in [-0.15, -0.1) is 23.5 Å². The van der Waals surface area contributed by atoms with Gasteiger partial charge >= 0.3 is 19.5 Å². The Morgan fingerprint density at radius 1 is 0.929 bits per heavy atom. The lowest BCUT2D eigenvalue weighted by molar-refractivity contribution is -0.359. The van der Waals surface area contributed by atoms with E-state index in [9.17, 15) is 95.0 Å². The molecule has 4 aliphatic rings. The molecule has 0 saturated carbocycles. The van der Waals surface area contributed by atoms with E-state index in [1.54, 1.807) is 0 Å². The molecule has 1 aromatic heterocycles. The third kappa shape index (κ3) is 12.8. The average molecular weight is 1070 g/mol. The molecule has 31 nitrogen and oxygen atoms in total. The van der Waals surface area contributed by atoms with Crippen LogP contribution in [0.1, 0.15) is 27.0 Å². The van der Waals surface area contributed by atoms with Crippen LogP contribution < -0.4 is 22.1 Å². The molecule has 4 saturated heterocycles.